The van der Waals surface area contributed by atoms with Gasteiger partial charge >= 0.3 is 0 Å². The van der Waals surface area contributed by atoms with Crippen LogP contribution < -0.4 is 5.32 Å². The predicted molar refractivity (Wildman–Crippen MR) is 117 cm³/mol. The molecule has 1 aliphatic heterocycles. The molecule has 1 aliphatic rings. The van der Waals surface area contributed by atoms with E-state index in [-0.39, 0.29) is 24.1 Å². The van der Waals surface area contributed by atoms with Gasteiger partial charge in [0.15, 0.2) is 0 Å². The minimum absolute atomic E-state index is 0.0923. The second-order valence-corrected chi connectivity index (χ2v) is 10.0. The number of carbonyl (C=O) groups is 1. The Labute approximate surface area is 182 Å². The third-order valence-electron chi connectivity index (χ3n) is 5.06. The van der Waals surface area contributed by atoms with Gasteiger partial charge in [-0.15, -0.1) is 0 Å². The zero-order valence-corrected chi connectivity index (χ0v) is 18.3. The quantitative estimate of drug-likeness (QED) is 0.689. The van der Waals surface area contributed by atoms with Crippen LogP contribution in [0.5, 0.6) is 0 Å². The molecule has 3 rings (SSSR count). The third kappa shape index (κ3) is 6.19. The summed E-state index contributed by atoms with van der Waals surface area (Å²) in [6.07, 6.45) is 2.09. The number of carbonyl (C=O) groups excluding carboxylic acids is 1. The van der Waals surface area contributed by atoms with Gasteiger partial charge in [0, 0.05) is 29.7 Å². The molecule has 0 aromatic heterocycles. The maximum atomic E-state index is 12.9. The Hall–Kier alpha value is -1.60. The molecule has 1 fully saturated rings. The summed E-state index contributed by atoms with van der Waals surface area (Å²) in [6, 6.07) is 14.7. The van der Waals surface area contributed by atoms with Gasteiger partial charge in [0.05, 0.1) is 11.7 Å². The topological polar surface area (TPSA) is 66.5 Å². The van der Waals surface area contributed by atoms with E-state index in [1.165, 1.54) is 10.4 Å². The van der Waals surface area contributed by atoms with E-state index >= 15 is 0 Å². The number of benzene rings is 2. The van der Waals surface area contributed by atoms with Crippen molar-refractivity contribution in [3.05, 3.63) is 69.7 Å². The highest BCUT2D eigenvalue weighted by atomic mass is 35.5. The number of sulfonamides is 1. The van der Waals surface area contributed by atoms with Gasteiger partial charge in [-0.3, -0.25) is 4.79 Å². The number of halogens is 2. The van der Waals surface area contributed by atoms with E-state index in [0.717, 1.165) is 12.0 Å². The Bertz CT molecular complexity index is 952. The van der Waals surface area contributed by atoms with Crippen LogP contribution in [0.25, 0.3) is 0 Å². The number of nitrogens with one attached hydrogen (secondary N) is 1. The van der Waals surface area contributed by atoms with Crippen molar-refractivity contribution in [3.8, 4) is 0 Å². The van der Waals surface area contributed by atoms with Crippen LogP contribution in [-0.2, 0) is 27.0 Å². The van der Waals surface area contributed by atoms with Gasteiger partial charge in [0.2, 0.25) is 15.9 Å². The second-order valence-electron chi connectivity index (χ2n) is 7.22. The third-order valence-corrected chi connectivity index (χ3v) is 7.44. The Balaban J connectivity index is 1.56. The Morgan fingerprint density at radius 1 is 1.14 bits per heavy atom. The molecule has 156 valence electrons. The molecule has 0 aliphatic carbocycles. The van der Waals surface area contributed by atoms with Crippen LogP contribution >= 0.6 is 23.2 Å². The summed E-state index contributed by atoms with van der Waals surface area (Å²) in [7, 11) is -3.58. The minimum atomic E-state index is -3.58. The summed E-state index contributed by atoms with van der Waals surface area (Å²) in [6.45, 7) is 1.15. The lowest BCUT2D eigenvalue weighted by molar-refractivity contribution is -0.126. The molecule has 1 N–H and O–H groups in total. The van der Waals surface area contributed by atoms with Crippen LogP contribution in [0.2, 0.25) is 10.0 Å². The average Bonchev–Trinajstić information content (AvgIpc) is 2.71. The molecule has 2 aromatic rings. The van der Waals surface area contributed by atoms with Crippen LogP contribution in [0.4, 0.5) is 0 Å². The van der Waals surface area contributed by atoms with Gasteiger partial charge < -0.3 is 5.32 Å². The zero-order chi connectivity index (χ0) is 20.9. The fourth-order valence-corrected chi connectivity index (χ4v) is 5.65. The Kier molecular flexibility index (Phi) is 7.57. The molecule has 2 aromatic carbocycles. The number of amides is 1. The summed E-state index contributed by atoms with van der Waals surface area (Å²) in [5, 5.41) is 3.73. The highest BCUT2D eigenvalue weighted by Crippen LogP contribution is 2.26. The van der Waals surface area contributed by atoms with E-state index in [1.807, 2.05) is 30.3 Å². The molecule has 29 heavy (non-hydrogen) atoms. The molecule has 1 saturated heterocycles. The number of hydrogen-bond acceptors (Lipinski definition) is 3. The van der Waals surface area contributed by atoms with E-state index in [4.69, 9.17) is 23.2 Å². The summed E-state index contributed by atoms with van der Waals surface area (Å²) >= 11 is 12.0. The Morgan fingerprint density at radius 3 is 2.62 bits per heavy atom. The van der Waals surface area contributed by atoms with Crippen molar-refractivity contribution in [2.24, 2.45) is 5.92 Å². The highest BCUT2D eigenvalue weighted by Gasteiger charge is 2.32. The van der Waals surface area contributed by atoms with Gasteiger partial charge in [0.1, 0.15) is 0 Å². The molecule has 0 radical (unpaired) electrons. The number of nitrogens with zero attached hydrogens (tertiary/aromatic N) is 1. The second kappa shape index (κ2) is 9.94. The largest absolute Gasteiger partial charge is 0.355 e. The van der Waals surface area contributed by atoms with Crippen molar-refractivity contribution < 1.29 is 13.2 Å². The van der Waals surface area contributed by atoms with Crippen LogP contribution in [-0.4, -0.2) is 38.3 Å². The van der Waals surface area contributed by atoms with Crippen LogP contribution in [0, 0.1) is 5.92 Å². The number of rotatable bonds is 7. The van der Waals surface area contributed by atoms with Gasteiger partial charge in [0.25, 0.3) is 0 Å². The van der Waals surface area contributed by atoms with Crippen molar-refractivity contribution in [1.82, 2.24) is 9.62 Å². The van der Waals surface area contributed by atoms with Crippen LogP contribution in [0.3, 0.4) is 0 Å². The standard InChI is InChI=1S/C21H24Cl2N2O3S/c22-19-9-8-18(20(23)13-19)15-29(27,28)25-12-4-7-17(14-25)21(26)24-11-10-16-5-2-1-3-6-16/h1-3,5-6,8-9,13,17H,4,7,10-12,14-15H2,(H,24,26). The van der Waals surface area contributed by atoms with Crippen molar-refractivity contribution in [2.45, 2.75) is 25.0 Å². The molecule has 0 bridgehead atoms. The van der Waals surface area contributed by atoms with Crippen molar-refractivity contribution in [2.75, 3.05) is 19.6 Å². The maximum Gasteiger partial charge on any atom is 0.224 e. The average molecular weight is 455 g/mol. The van der Waals surface area contributed by atoms with Gasteiger partial charge in [-0.2, -0.15) is 0 Å². The molecule has 0 saturated carbocycles. The lowest BCUT2D eigenvalue weighted by Crippen LogP contribution is -2.46. The van der Waals surface area contributed by atoms with Crippen molar-refractivity contribution >= 4 is 39.1 Å². The van der Waals surface area contributed by atoms with Crippen LogP contribution in [0.15, 0.2) is 48.5 Å². The smallest absolute Gasteiger partial charge is 0.224 e. The first kappa shape index (κ1) is 22.1. The van der Waals surface area contributed by atoms with E-state index in [0.29, 0.717) is 41.5 Å². The van der Waals surface area contributed by atoms with E-state index in [1.54, 1.807) is 12.1 Å². The minimum Gasteiger partial charge on any atom is -0.355 e. The molecule has 1 unspecified atom stereocenters. The number of hydrogen-bond donors (Lipinski definition) is 1. The number of piperidine rings is 1. The first-order chi connectivity index (χ1) is 13.8. The molecule has 5 nitrogen and oxygen atoms in total. The molecular weight excluding hydrogens is 431 g/mol. The predicted octanol–water partition coefficient (Wildman–Crippen LogP) is 3.89. The highest BCUT2D eigenvalue weighted by molar-refractivity contribution is 7.88. The molecule has 8 heteroatoms. The normalized spacial score (nSPS) is 17.8. The molecule has 1 atom stereocenters. The molecule has 1 heterocycles. The van der Waals surface area contributed by atoms with E-state index in [2.05, 4.69) is 5.32 Å². The van der Waals surface area contributed by atoms with Gasteiger partial charge in [-0.1, -0.05) is 59.6 Å². The van der Waals surface area contributed by atoms with Crippen molar-refractivity contribution in [3.63, 3.8) is 0 Å². The summed E-state index contributed by atoms with van der Waals surface area (Å²) in [5.74, 6) is -0.633. The summed E-state index contributed by atoms with van der Waals surface area (Å²) in [4.78, 5) is 12.5. The monoisotopic (exact) mass is 454 g/mol. The van der Waals surface area contributed by atoms with Gasteiger partial charge in [-0.05, 0) is 42.5 Å². The molecule has 0 spiro atoms. The molecule has 1 amide bonds. The SMILES string of the molecule is O=C(NCCc1ccccc1)C1CCCN(S(=O)(=O)Cc2ccc(Cl)cc2Cl)C1. The van der Waals surface area contributed by atoms with E-state index < -0.39 is 10.0 Å². The van der Waals surface area contributed by atoms with Crippen LogP contribution in [0.1, 0.15) is 24.0 Å². The molecular formula is C21H24Cl2N2O3S. The summed E-state index contributed by atoms with van der Waals surface area (Å²) in [5.41, 5.74) is 1.66. The van der Waals surface area contributed by atoms with E-state index in [9.17, 15) is 13.2 Å². The Morgan fingerprint density at radius 2 is 1.90 bits per heavy atom. The lowest BCUT2D eigenvalue weighted by Gasteiger charge is -2.31. The first-order valence-electron chi connectivity index (χ1n) is 9.58. The fourth-order valence-electron chi connectivity index (χ4n) is 3.45. The van der Waals surface area contributed by atoms with Crippen molar-refractivity contribution in [1.29, 1.82) is 0 Å². The van der Waals surface area contributed by atoms with Gasteiger partial charge in [-0.25, -0.2) is 12.7 Å². The maximum absolute atomic E-state index is 12.9. The zero-order valence-electron chi connectivity index (χ0n) is 16.0. The lowest BCUT2D eigenvalue weighted by atomic mass is 9.99. The fraction of sp³-hybridized carbons (Fsp3) is 0.381. The first-order valence-corrected chi connectivity index (χ1v) is 11.9. The summed E-state index contributed by atoms with van der Waals surface area (Å²) < 4.78 is 27.1.